The van der Waals surface area contributed by atoms with Gasteiger partial charge in [-0.3, -0.25) is 4.79 Å². The number of likely N-dealkylation sites (N-methyl/N-ethyl adjacent to an activating group) is 1. The van der Waals surface area contributed by atoms with Crippen LogP contribution in [0.25, 0.3) is 5.69 Å². The van der Waals surface area contributed by atoms with Gasteiger partial charge in [-0.1, -0.05) is 18.2 Å². The minimum atomic E-state index is -0.0256. The fourth-order valence-corrected chi connectivity index (χ4v) is 3.11. The molecule has 5 heteroatoms. The van der Waals surface area contributed by atoms with Crippen LogP contribution in [-0.2, 0) is 17.6 Å². The Kier molecular flexibility index (Phi) is 4.48. The maximum Gasteiger partial charge on any atom is 0.274 e. The van der Waals surface area contributed by atoms with E-state index < -0.39 is 0 Å². The summed E-state index contributed by atoms with van der Waals surface area (Å²) in [6, 6.07) is 10.0. The average molecular weight is 313 g/mol. The minimum absolute atomic E-state index is 0.0198. The van der Waals surface area contributed by atoms with Gasteiger partial charge in [0.25, 0.3) is 5.91 Å². The summed E-state index contributed by atoms with van der Waals surface area (Å²) in [5.41, 5.74) is 3.88. The van der Waals surface area contributed by atoms with Gasteiger partial charge in [0.15, 0.2) is 5.69 Å². The summed E-state index contributed by atoms with van der Waals surface area (Å²) in [7, 11) is 3.46. The maximum atomic E-state index is 12.9. The zero-order valence-electron chi connectivity index (χ0n) is 14.0. The number of hydrogen-bond donors (Lipinski definition) is 0. The van der Waals surface area contributed by atoms with Crippen LogP contribution < -0.4 is 0 Å². The summed E-state index contributed by atoms with van der Waals surface area (Å²) in [5.74, 6) is -0.0256. The Hall–Kier alpha value is -2.14. The quantitative estimate of drug-likeness (QED) is 0.852. The van der Waals surface area contributed by atoms with Gasteiger partial charge in [0.1, 0.15) is 0 Å². The Morgan fingerprint density at radius 1 is 1.35 bits per heavy atom. The fraction of sp³-hybridized carbons (Fsp3) is 0.444. The molecule has 0 aliphatic heterocycles. The lowest BCUT2D eigenvalue weighted by Crippen LogP contribution is -2.38. The predicted molar refractivity (Wildman–Crippen MR) is 89.0 cm³/mol. The predicted octanol–water partition coefficient (Wildman–Crippen LogP) is 2.47. The lowest BCUT2D eigenvalue weighted by Gasteiger charge is -2.23. The molecule has 0 saturated heterocycles. The Morgan fingerprint density at radius 3 is 2.78 bits per heavy atom. The van der Waals surface area contributed by atoms with Crippen LogP contribution in [0.3, 0.4) is 0 Å². The highest BCUT2D eigenvalue weighted by molar-refractivity contribution is 5.94. The number of carbonyl (C=O) groups excluding carboxylic acids is 1. The number of ether oxygens (including phenoxy) is 1. The van der Waals surface area contributed by atoms with Crippen LogP contribution in [0.1, 0.15) is 35.1 Å². The van der Waals surface area contributed by atoms with E-state index in [1.54, 1.807) is 12.0 Å². The molecule has 1 unspecified atom stereocenters. The molecule has 0 fully saturated rings. The van der Waals surface area contributed by atoms with Crippen molar-refractivity contribution < 1.29 is 9.53 Å². The molecule has 1 aromatic heterocycles. The number of aromatic nitrogens is 2. The highest BCUT2D eigenvalue weighted by Crippen LogP contribution is 2.28. The van der Waals surface area contributed by atoms with E-state index in [0.29, 0.717) is 12.3 Å². The van der Waals surface area contributed by atoms with Crippen LogP contribution >= 0.6 is 0 Å². The van der Waals surface area contributed by atoms with E-state index in [9.17, 15) is 4.79 Å². The molecule has 122 valence electrons. The van der Waals surface area contributed by atoms with E-state index in [2.05, 4.69) is 5.10 Å². The molecular weight excluding hydrogens is 290 g/mol. The second-order valence-electron chi connectivity index (χ2n) is 6.10. The Morgan fingerprint density at radius 2 is 2.09 bits per heavy atom. The van der Waals surface area contributed by atoms with Crippen LogP contribution in [0.15, 0.2) is 30.3 Å². The molecule has 1 atom stereocenters. The highest BCUT2D eigenvalue weighted by Gasteiger charge is 2.29. The Labute approximate surface area is 136 Å². The molecule has 0 N–H and O–H groups in total. The van der Waals surface area contributed by atoms with Crippen molar-refractivity contribution in [2.75, 3.05) is 20.8 Å². The van der Waals surface area contributed by atoms with Crippen molar-refractivity contribution in [3.63, 3.8) is 0 Å². The van der Waals surface area contributed by atoms with Crippen LogP contribution in [0.2, 0.25) is 0 Å². The van der Waals surface area contributed by atoms with Gasteiger partial charge >= 0.3 is 0 Å². The van der Waals surface area contributed by atoms with Crippen molar-refractivity contribution in [1.29, 1.82) is 0 Å². The molecule has 3 rings (SSSR count). The minimum Gasteiger partial charge on any atom is -0.383 e. The first-order chi connectivity index (χ1) is 11.1. The molecule has 1 aromatic carbocycles. The molecule has 0 radical (unpaired) electrons. The normalized spacial score (nSPS) is 14.6. The first-order valence-corrected chi connectivity index (χ1v) is 8.05. The van der Waals surface area contributed by atoms with Crippen LogP contribution in [0.5, 0.6) is 0 Å². The average Bonchev–Trinajstić information content (AvgIpc) is 3.16. The SMILES string of the molecule is COCC(C)N(C)C(=O)c1nn(-c2ccccc2)c2c1CCC2. The van der Waals surface area contributed by atoms with Crippen LogP contribution in [0, 0.1) is 0 Å². The molecule has 1 heterocycles. The summed E-state index contributed by atoms with van der Waals surface area (Å²) in [4.78, 5) is 14.6. The number of fused-ring (bicyclic) bond motifs is 1. The molecule has 1 amide bonds. The number of para-hydroxylation sites is 1. The van der Waals surface area contributed by atoms with Gasteiger partial charge in [0.2, 0.25) is 0 Å². The van der Waals surface area contributed by atoms with Gasteiger partial charge in [-0.25, -0.2) is 4.68 Å². The van der Waals surface area contributed by atoms with Crippen molar-refractivity contribution in [3.05, 3.63) is 47.3 Å². The number of carbonyl (C=O) groups is 1. The van der Waals surface area contributed by atoms with Gasteiger partial charge in [-0.2, -0.15) is 5.10 Å². The number of benzene rings is 1. The van der Waals surface area contributed by atoms with Crippen LogP contribution in [0.4, 0.5) is 0 Å². The summed E-state index contributed by atoms with van der Waals surface area (Å²) in [5, 5.41) is 4.65. The standard InChI is InChI=1S/C18H23N3O2/c1-13(12-23-3)20(2)18(22)17-15-10-7-11-16(15)21(19-17)14-8-5-4-6-9-14/h4-6,8-9,13H,7,10-12H2,1-3H3. The zero-order chi connectivity index (χ0) is 16.4. The largest absolute Gasteiger partial charge is 0.383 e. The third kappa shape index (κ3) is 2.88. The van der Waals surface area contributed by atoms with Crippen molar-refractivity contribution >= 4 is 5.91 Å². The molecule has 1 aliphatic rings. The van der Waals surface area contributed by atoms with E-state index in [4.69, 9.17) is 4.74 Å². The van der Waals surface area contributed by atoms with E-state index in [1.165, 1.54) is 5.69 Å². The molecule has 0 saturated carbocycles. The second kappa shape index (κ2) is 6.54. The molecular formula is C18H23N3O2. The third-order valence-electron chi connectivity index (χ3n) is 4.52. The van der Waals surface area contributed by atoms with Gasteiger partial charge in [0, 0.05) is 25.4 Å². The number of nitrogens with zero attached hydrogens (tertiary/aromatic N) is 3. The molecule has 2 aromatic rings. The molecule has 0 bridgehead atoms. The lowest BCUT2D eigenvalue weighted by atomic mass is 10.1. The first kappa shape index (κ1) is 15.7. The fourth-order valence-electron chi connectivity index (χ4n) is 3.11. The third-order valence-corrected chi connectivity index (χ3v) is 4.52. The van der Waals surface area contributed by atoms with Crippen molar-refractivity contribution in [3.8, 4) is 5.69 Å². The number of amides is 1. The number of rotatable bonds is 5. The molecule has 1 aliphatic carbocycles. The van der Waals surface area contributed by atoms with Crippen molar-refractivity contribution in [1.82, 2.24) is 14.7 Å². The van der Waals surface area contributed by atoms with Gasteiger partial charge in [-0.05, 0) is 38.3 Å². The van der Waals surface area contributed by atoms with E-state index in [1.807, 2.05) is 49.0 Å². The van der Waals surface area contributed by atoms with Gasteiger partial charge in [0.05, 0.1) is 18.3 Å². The number of hydrogen-bond acceptors (Lipinski definition) is 3. The van der Waals surface area contributed by atoms with Crippen molar-refractivity contribution in [2.45, 2.75) is 32.2 Å². The summed E-state index contributed by atoms with van der Waals surface area (Å²) >= 11 is 0. The highest BCUT2D eigenvalue weighted by atomic mass is 16.5. The Bertz CT molecular complexity index is 694. The first-order valence-electron chi connectivity index (χ1n) is 8.05. The lowest BCUT2D eigenvalue weighted by molar-refractivity contribution is 0.0626. The molecule has 0 spiro atoms. The zero-order valence-corrected chi connectivity index (χ0v) is 14.0. The summed E-state index contributed by atoms with van der Waals surface area (Å²) < 4.78 is 7.09. The van der Waals surface area contributed by atoms with Gasteiger partial charge in [-0.15, -0.1) is 0 Å². The van der Waals surface area contributed by atoms with E-state index >= 15 is 0 Å². The molecule has 23 heavy (non-hydrogen) atoms. The second-order valence-corrected chi connectivity index (χ2v) is 6.10. The molecule has 5 nitrogen and oxygen atoms in total. The number of methoxy groups -OCH3 is 1. The topological polar surface area (TPSA) is 47.4 Å². The van der Waals surface area contributed by atoms with Crippen molar-refractivity contribution in [2.24, 2.45) is 0 Å². The van der Waals surface area contributed by atoms with E-state index in [-0.39, 0.29) is 11.9 Å². The van der Waals surface area contributed by atoms with E-state index in [0.717, 1.165) is 30.5 Å². The smallest absolute Gasteiger partial charge is 0.274 e. The van der Waals surface area contributed by atoms with Crippen LogP contribution in [-0.4, -0.2) is 47.4 Å². The Balaban J connectivity index is 1.97. The maximum absolute atomic E-state index is 12.9. The summed E-state index contributed by atoms with van der Waals surface area (Å²) in [6.45, 7) is 2.50. The van der Waals surface area contributed by atoms with Gasteiger partial charge < -0.3 is 9.64 Å². The monoisotopic (exact) mass is 313 g/mol. The summed E-state index contributed by atoms with van der Waals surface area (Å²) in [6.07, 6.45) is 2.98.